The van der Waals surface area contributed by atoms with E-state index in [0.29, 0.717) is 29.2 Å². The van der Waals surface area contributed by atoms with E-state index in [-0.39, 0.29) is 36.5 Å². The molecule has 4 N–H and O–H groups in total. The number of rotatable bonds is 9. The van der Waals surface area contributed by atoms with E-state index >= 15 is 0 Å². The van der Waals surface area contributed by atoms with E-state index in [0.717, 1.165) is 5.39 Å². The van der Waals surface area contributed by atoms with Crippen molar-refractivity contribution in [2.45, 2.75) is 0 Å². The average molecular weight is 416 g/mol. The van der Waals surface area contributed by atoms with Gasteiger partial charge in [0.05, 0.1) is 13.2 Å². The number of hydrogen-bond donors (Lipinski definition) is 4. The second kappa shape index (κ2) is 9.87. The van der Waals surface area contributed by atoms with E-state index in [1.54, 1.807) is 48.5 Å². The molecule has 0 aliphatic carbocycles. The number of carbonyl (C=O) groups is 1. The Morgan fingerprint density at radius 2 is 1.76 bits per heavy atom. The summed E-state index contributed by atoms with van der Waals surface area (Å²) in [5.74, 6) is 1.04. The van der Waals surface area contributed by atoms with Crippen molar-refractivity contribution in [3.05, 3.63) is 59.9 Å². The summed E-state index contributed by atoms with van der Waals surface area (Å²) in [6, 6.07) is 13.7. The Balaban J connectivity index is 1.49. The van der Waals surface area contributed by atoms with Crippen LogP contribution in [0, 0.1) is 0 Å². The van der Waals surface area contributed by atoms with Gasteiger partial charge in [-0.15, -0.1) is 0 Å². The molecule has 0 radical (unpaired) electrons. The predicted molar refractivity (Wildman–Crippen MR) is 110 cm³/mol. The molecular weight excluding hydrogens is 396 g/mol. The molecule has 29 heavy (non-hydrogen) atoms. The molecule has 1 heterocycles. The topological polar surface area (TPSA) is 113 Å². The first-order valence-electron chi connectivity index (χ1n) is 8.83. The number of carbonyl (C=O) groups excluding carboxylic acids is 1. The van der Waals surface area contributed by atoms with Gasteiger partial charge in [-0.05, 0) is 48.5 Å². The van der Waals surface area contributed by atoms with Crippen LogP contribution in [-0.2, 0) is 0 Å². The Morgan fingerprint density at radius 1 is 1.03 bits per heavy atom. The highest BCUT2D eigenvalue weighted by Gasteiger charge is 2.12. The van der Waals surface area contributed by atoms with Gasteiger partial charge in [0.15, 0.2) is 5.76 Å². The number of furan rings is 1. The van der Waals surface area contributed by atoms with Crippen LogP contribution < -0.4 is 20.3 Å². The van der Waals surface area contributed by atoms with E-state index in [1.807, 2.05) is 5.48 Å². The van der Waals surface area contributed by atoms with Crippen LogP contribution in [0.2, 0.25) is 0 Å². The lowest BCUT2D eigenvalue weighted by atomic mass is 10.2. The van der Waals surface area contributed by atoms with Crippen molar-refractivity contribution in [2.24, 2.45) is 0 Å². The maximum Gasteiger partial charge on any atom is 0.287 e. The lowest BCUT2D eigenvalue weighted by molar-refractivity contribution is 0.0921. The quantitative estimate of drug-likeness (QED) is 0.239. The molecule has 0 saturated heterocycles. The number of aliphatic hydroxyl groups excluding tert-OH is 1. The fourth-order valence-corrected chi connectivity index (χ4v) is 2.71. The molecule has 0 spiro atoms. The average Bonchev–Trinajstić information content (AvgIpc) is 3.18. The maximum absolute atomic E-state index is 12.3. The second-order valence-electron chi connectivity index (χ2n) is 5.95. The van der Waals surface area contributed by atoms with Crippen molar-refractivity contribution in [2.75, 3.05) is 26.4 Å². The van der Waals surface area contributed by atoms with Crippen molar-refractivity contribution < 1.29 is 29.0 Å². The minimum atomic E-state index is -0.350. The number of fused-ring (bicyclic) bond motifs is 1. The first-order valence-corrected chi connectivity index (χ1v) is 9.24. The molecule has 9 heteroatoms. The summed E-state index contributed by atoms with van der Waals surface area (Å²) >= 11 is 4.92. The zero-order chi connectivity index (χ0) is 20.6. The SMILES string of the molecule is O=C(NCCOc1ccc(C(=S)NO)cc1)c1cc2cc(OCCO)ccc2o1. The Bertz CT molecular complexity index is 986. The minimum Gasteiger partial charge on any atom is -0.492 e. The number of thiocarbonyl (C=S) groups is 1. The normalized spacial score (nSPS) is 10.6. The monoisotopic (exact) mass is 416 g/mol. The van der Waals surface area contributed by atoms with E-state index < -0.39 is 0 Å². The molecule has 0 bridgehead atoms. The molecular formula is C20H20N2O6S. The molecule has 0 saturated carbocycles. The second-order valence-corrected chi connectivity index (χ2v) is 6.36. The van der Waals surface area contributed by atoms with Crippen molar-refractivity contribution in [1.82, 2.24) is 10.8 Å². The van der Waals surface area contributed by atoms with Crippen LogP contribution in [0.25, 0.3) is 11.0 Å². The van der Waals surface area contributed by atoms with Crippen LogP contribution in [-0.4, -0.2) is 47.6 Å². The van der Waals surface area contributed by atoms with Crippen molar-refractivity contribution in [3.63, 3.8) is 0 Å². The number of benzene rings is 2. The van der Waals surface area contributed by atoms with E-state index in [1.165, 1.54) is 0 Å². The zero-order valence-electron chi connectivity index (χ0n) is 15.4. The van der Waals surface area contributed by atoms with Crippen molar-refractivity contribution in [1.29, 1.82) is 0 Å². The standard InChI is InChI=1S/C20H20N2O6S/c23-8-10-27-16-5-6-17-14(11-16)12-18(28-17)19(24)21-7-9-26-15-3-1-13(2-4-15)20(29)22-25/h1-6,11-12,23,25H,7-10H2,(H,21,24)(H,22,29). The zero-order valence-corrected chi connectivity index (χ0v) is 16.2. The van der Waals surface area contributed by atoms with E-state index in [9.17, 15) is 4.79 Å². The summed E-state index contributed by atoms with van der Waals surface area (Å²) in [6.45, 7) is 0.688. The molecule has 0 aliphatic heterocycles. The van der Waals surface area contributed by atoms with Crippen LogP contribution in [0.4, 0.5) is 0 Å². The lowest BCUT2D eigenvalue weighted by Gasteiger charge is -2.08. The van der Waals surface area contributed by atoms with Crippen LogP contribution in [0.3, 0.4) is 0 Å². The number of nitrogens with one attached hydrogen (secondary N) is 2. The molecule has 1 aromatic heterocycles. The van der Waals surface area contributed by atoms with Gasteiger partial charge in [0.2, 0.25) is 0 Å². The number of hydrogen-bond acceptors (Lipinski definition) is 7. The molecule has 3 rings (SSSR count). The Kier molecular flexibility index (Phi) is 7.01. The van der Waals surface area contributed by atoms with Crippen molar-refractivity contribution >= 4 is 34.1 Å². The summed E-state index contributed by atoms with van der Waals surface area (Å²) in [5, 5.41) is 21.1. The molecule has 0 atom stereocenters. The van der Waals surface area contributed by atoms with E-state index in [2.05, 4.69) is 5.32 Å². The van der Waals surface area contributed by atoms with Gasteiger partial charge >= 0.3 is 0 Å². The van der Waals surface area contributed by atoms with Crippen LogP contribution in [0.1, 0.15) is 16.1 Å². The number of ether oxygens (including phenoxy) is 2. The van der Waals surface area contributed by atoms with Crippen molar-refractivity contribution in [3.8, 4) is 11.5 Å². The van der Waals surface area contributed by atoms with Gasteiger partial charge in [0.1, 0.15) is 35.3 Å². The van der Waals surface area contributed by atoms with Gasteiger partial charge in [0, 0.05) is 10.9 Å². The predicted octanol–water partition coefficient (Wildman–Crippen LogP) is 2.27. The summed E-state index contributed by atoms with van der Waals surface area (Å²) in [7, 11) is 0. The molecule has 0 fully saturated rings. The van der Waals surface area contributed by atoms with Gasteiger partial charge < -0.3 is 24.3 Å². The molecule has 0 unspecified atom stereocenters. The summed E-state index contributed by atoms with van der Waals surface area (Å²) < 4.78 is 16.5. The molecule has 3 aromatic rings. The van der Waals surface area contributed by atoms with Gasteiger partial charge in [-0.3, -0.25) is 15.5 Å². The summed E-state index contributed by atoms with van der Waals surface area (Å²) in [4.78, 5) is 12.5. The largest absolute Gasteiger partial charge is 0.492 e. The highest BCUT2D eigenvalue weighted by atomic mass is 32.1. The van der Waals surface area contributed by atoms with Crippen LogP contribution in [0.15, 0.2) is 52.9 Å². The minimum absolute atomic E-state index is 0.0728. The highest BCUT2D eigenvalue weighted by molar-refractivity contribution is 7.80. The van der Waals surface area contributed by atoms with Gasteiger partial charge in [-0.2, -0.15) is 0 Å². The van der Waals surface area contributed by atoms with E-state index in [4.69, 9.17) is 36.4 Å². The number of hydroxylamine groups is 1. The Hall–Kier alpha value is -3.14. The first kappa shape index (κ1) is 20.6. The smallest absolute Gasteiger partial charge is 0.287 e. The summed E-state index contributed by atoms with van der Waals surface area (Å²) in [6.07, 6.45) is 0. The third-order valence-electron chi connectivity index (χ3n) is 3.95. The lowest BCUT2D eigenvalue weighted by Crippen LogP contribution is -2.27. The molecule has 152 valence electrons. The first-order chi connectivity index (χ1) is 14.1. The molecule has 2 aromatic carbocycles. The summed E-state index contributed by atoms with van der Waals surface area (Å²) in [5.41, 5.74) is 3.15. The number of aliphatic hydroxyl groups is 1. The fraction of sp³-hybridized carbons (Fsp3) is 0.200. The fourth-order valence-electron chi connectivity index (χ4n) is 2.57. The van der Waals surface area contributed by atoms with Gasteiger partial charge in [-0.25, -0.2) is 0 Å². The molecule has 0 aliphatic rings. The third-order valence-corrected chi connectivity index (χ3v) is 4.27. The highest BCUT2D eigenvalue weighted by Crippen LogP contribution is 2.24. The van der Waals surface area contributed by atoms with Crippen LogP contribution >= 0.6 is 12.2 Å². The van der Waals surface area contributed by atoms with Gasteiger partial charge in [-0.1, -0.05) is 12.2 Å². The maximum atomic E-state index is 12.3. The third kappa shape index (κ3) is 5.44. The molecule has 8 nitrogen and oxygen atoms in total. The van der Waals surface area contributed by atoms with Gasteiger partial charge in [0.25, 0.3) is 5.91 Å². The Labute approximate surface area is 172 Å². The van der Waals surface area contributed by atoms with Crippen LogP contribution in [0.5, 0.6) is 11.5 Å². The number of amides is 1. The molecule has 1 amide bonds. The Morgan fingerprint density at radius 3 is 2.48 bits per heavy atom.